The molecule has 1 fully saturated rings. The van der Waals surface area contributed by atoms with Crippen LogP contribution in [0.1, 0.15) is 25.3 Å². The van der Waals surface area contributed by atoms with Gasteiger partial charge in [0.1, 0.15) is 0 Å². The first-order valence-electron chi connectivity index (χ1n) is 7.03. The molecule has 1 aromatic carbocycles. The Balaban J connectivity index is 2.18. The standard InChI is InChI=1S/C15H21F3N2/c1-11(19)9-12-5-2-3-7-14(12)20-8-4-6-13(10-20)15(16,17)18/h2-3,5,7,11,13H,4,6,8-10,19H2,1H3. The second-order valence-corrected chi connectivity index (χ2v) is 5.64. The Bertz CT molecular complexity index is 443. The summed E-state index contributed by atoms with van der Waals surface area (Å²) in [6.07, 6.45) is -2.61. The molecule has 0 aliphatic carbocycles. The quantitative estimate of drug-likeness (QED) is 0.923. The number of alkyl halides is 3. The fraction of sp³-hybridized carbons (Fsp3) is 0.600. The van der Waals surface area contributed by atoms with Crippen molar-refractivity contribution in [2.45, 2.75) is 38.4 Å². The number of piperidine rings is 1. The number of benzene rings is 1. The van der Waals surface area contributed by atoms with Crippen LogP contribution in [0.4, 0.5) is 18.9 Å². The summed E-state index contributed by atoms with van der Waals surface area (Å²) in [6, 6.07) is 7.63. The molecule has 1 saturated heterocycles. The predicted molar refractivity (Wildman–Crippen MR) is 74.8 cm³/mol. The lowest BCUT2D eigenvalue weighted by molar-refractivity contribution is -0.176. The smallest absolute Gasteiger partial charge is 0.371 e. The van der Waals surface area contributed by atoms with E-state index in [1.54, 1.807) is 0 Å². The predicted octanol–water partition coefficient (Wildman–Crippen LogP) is 3.36. The summed E-state index contributed by atoms with van der Waals surface area (Å²) in [7, 11) is 0. The van der Waals surface area contributed by atoms with E-state index in [9.17, 15) is 13.2 Å². The van der Waals surface area contributed by atoms with Crippen molar-refractivity contribution < 1.29 is 13.2 Å². The van der Waals surface area contributed by atoms with Crippen LogP contribution in [0.2, 0.25) is 0 Å². The molecule has 0 saturated carbocycles. The molecule has 1 aliphatic rings. The van der Waals surface area contributed by atoms with Gasteiger partial charge in [0, 0.05) is 24.8 Å². The number of rotatable bonds is 3. The van der Waals surface area contributed by atoms with Gasteiger partial charge in [-0.05, 0) is 37.8 Å². The van der Waals surface area contributed by atoms with Crippen LogP contribution in [0, 0.1) is 5.92 Å². The molecule has 1 aromatic rings. The van der Waals surface area contributed by atoms with Gasteiger partial charge in [-0.25, -0.2) is 0 Å². The Kier molecular flexibility index (Phi) is 4.58. The van der Waals surface area contributed by atoms with E-state index in [1.807, 2.05) is 36.1 Å². The average molecular weight is 286 g/mol. The Morgan fingerprint density at radius 1 is 1.35 bits per heavy atom. The van der Waals surface area contributed by atoms with Crippen LogP contribution in [-0.2, 0) is 6.42 Å². The monoisotopic (exact) mass is 286 g/mol. The molecule has 2 rings (SSSR count). The summed E-state index contributed by atoms with van der Waals surface area (Å²) in [6.45, 7) is 2.65. The van der Waals surface area contributed by atoms with Gasteiger partial charge in [0.05, 0.1) is 5.92 Å². The number of hydrogen-bond donors (Lipinski definition) is 1. The summed E-state index contributed by atoms with van der Waals surface area (Å²) < 4.78 is 38.7. The Morgan fingerprint density at radius 3 is 2.70 bits per heavy atom. The molecular formula is C15H21F3N2. The van der Waals surface area contributed by atoms with Gasteiger partial charge in [-0.2, -0.15) is 13.2 Å². The molecule has 2 N–H and O–H groups in total. The molecule has 0 amide bonds. The number of hydrogen-bond acceptors (Lipinski definition) is 2. The maximum atomic E-state index is 12.9. The van der Waals surface area contributed by atoms with Crippen LogP contribution in [0.25, 0.3) is 0 Å². The molecule has 112 valence electrons. The van der Waals surface area contributed by atoms with E-state index in [1.165, 1.54) is 0 Å². The van der Waals surface area contributed by atoms with Crippen molar-refractivity contribution in [3.05, 3.63) is 29.8 Å². The van der Waals surface area contributed by atoms with Gasteiger partial charge >= 0.3 is 6.18 Å². The molecular weight excluding hydrogens is 265 g/mol. The zero-order chi connectivity index (χ0) is 14.8. The number of nitrogens with two attached hydrogens (primary N) is 1. The molecule has 2 atom stereocenters. The maximum Gasteiger partial charge on any atom is 0.393 e. The molecule has 0 aromatic heterocycles. The van der Waals surface area contributed by atoms with Crippen LogP contribution in [0.3, 0.4) is 0 Å². The molecule has 0 spiro atoms. The van der Waals surface area contributed by atoms with Crippen LogP contribution in [0.15, 0.2) is 24.3 Å². The number of anilines is 1. The molecule has 0 radical (unpaired) electrons. The van der Waals surface area contributed by atoms with E-state index in [-0.39, 0.29) is 19.0 Å². The SMILES string of the molecule is CC(N)Cc1ccccc1N1CCCC(C(F)(F)F)C1. The van der Waals surface area contributed by atoms with E-state index >= 15 is 0 Å². The number of para-hydroxylation sites is 1. The molecule has 5 heteroatoms. The highest BCUT2D eigenvalue weighted by atomic mass is 19.4. The van der Waals surface area contributed by atoms with E-state index in [0.717, 1.165) is 11.3 Å². The van der Waals surface area contributed by atoms with Crippen molar-refractivity contribution in [3.8, 4) is 0 Å². The number of nitrogens with zero attached hydrogens (tertiary/aromatic N) is 1. The molecule has 1 heterocycles. The molecule has 2 nitrogen and oxygen atoms in total. The third kappa shape index (κ3) is 3.66. The number of halogens is 3. The first-order chi connectivity index (χ1) is 9.38. The highest BCUT2D eigenvalue weighted by molar-refractivity contribution is 5.54. The summed E-state index contributed by atoms with van der Waals surface area (Å²) in [5.74, 6) is -1.22. The zero-order valence-electron chi connectivity index (χ0n) is 11.7. The topological polar surface area (TPSA) is 29.3 Å². The lowest BCUT2D eigenvalue weighted by atomic mass is 9.95. The lowest BCUT2D eigenvalue weighted by Crippen LogP contribution is -2.42. The first kappa shape index (κ1) is 15.2. The van der Waals surface area contributed by atoms with Crippen LogP contribution in [0.5, 0.6) is 0 Å². The van der Waals surface area contributed by atoms with Crippen molar-refractivity contribution in [2.24, 2.45) is 11.7 Å². The second kappa shape index (κ2) is 6.04. The van der Waals surface area contributed by atoms with Crippen LogP contribution < -0.4 is 10.6 Å². The van der Waals surface area contributed by atoms with Gasteiger partial charge in [0.15, 0.2) is 0 Å². The third-order valence-electron chi connectivity index (χ3n) is 3.76. The lowest BCUT2D eigenvalue weighted by Gasteiger charge is -2.36. The van der Waals surface area contributed by atoms with Crippen molar-refractivity contribution >= 4 is 5.69 Å². The van der Waals surface area contributed by atoms with Crippen LogP contribution >= 0.6 is 0 Å². The summed E-state index contributed by atoms with van der Waals surface area (Å²) >= 11 is 0. The van der Waals surface area contributed by atoms with Crippen molar-refractivity contribution in [1.82, 2.24) is 0 Å². The van der Waals surface area contributed by atoms with Gasteiger partial charge < -0.3 is 10.6 Å². The van der Waals surface area contributed by atoms with Gasteiger partial charge in [-0.3, -0.25) is 0 Å². The minimum absolute atomic E-state index is 0.000599. The maximum absolute atomic E-state index is 12.9. The van der Waals surface area contributed by atoms with Gasteiger partial charge in [-0.1, -0.05) is 18.2 Å². The zero-order valence-corrected chi connectivity index (χ0v) is 11.7. The minimum Gasteiger partial charge on any atom is -0.371 e. The highest BCUT2D eigenvalue weighted by Crippen LogP contribution is 2.35. The fourth-order valence-corrected chi connectivity index (χ4v) is 2.80. The second-order valence-electron chi connectivity index (χ2n) is 5.64. The largest absolute Gasteiger partial charge is 0.393 e. The molecule has 2 unspecified atom stereocenters. The van der Waals surface area contributed by atoms with E-state index in [4.69, 9.17) is 5.73 Å². The molecule has 1 aliphatic heterocycles. The van der Waals surface area contributed by atoms with Crippen molar-refractivity contribution in [3.63, 3.8) is 0 Å². The Labute approximate surface area is 117 Å². The average Bonchev–Trinajstić information content (AvgIpc) is 2.38. The minimum atomic E-state index is -4.10. The van der Waals surface area contributed by atoms with Crippen LogP contribution in [-0.4, -0.2) is 25.3 Å². The third-order valence-corrected chi connectivity index (χ3v) is 3.76. The highest BCUT2D eigenvalue weighted by Gasteiger charge is 2.42. The van der Waals surface area contributed by atoms with Crippen molar-refractivity contribution in [2.75, 3.05) is 18.0 Å². The van der Waals surface area contributed by atoms with Crippen molar-refractivity contribution in [1.29, 1.82) is 0 Å². The Hall–Kier alpha value is -1.23. The van der Waals surface area contributed by atoms with Gasteiger partial charge in [0.2, 0.25) is 0 Å². The summed E-state index contributed by atoms with van der Waals surface area (Å²) in [4.78, 5) is 1.86. The first-order valence-corrected chi connectivity index (χ1v) is 7.03. The Morgan fingerprint density at radius 2 is 2.05 bits per heavy atom. The van der Waals surface area contributed by atoms with Gasteiger partial charge in [0.25, 0.3) is 0 Å². The molecule has 20 heavy (non-hydrogen) atoms. The summed E-state index contributed by atoms with van der Waals surface area (Å²) in [5, 5.41) is 0. The van der Waals surface area contributed by atoms with E-state index < -0.39 is 12.1 Å². The summed E-state index contributed by atoms with van der Waals surface area (Å²) in [5.41, 5.74) is 7.76. The van der Waals surface area contributed by atoms with E-state index in [0.29, 0.717) is 19.4 Å². The van der Waals surface area contributed by atoms with E-state index in [2.05, 4.69) is 0 Å². The molecule has 0 bridgehead atoms. The fourth-order valence-electron chi connectivity index (χ4n) is 2.80. The van der Waals surface area contributed by atoms with Gasteiger partial charge in [-0.15, -0.1) is 0 Å². The normalized spacial score (nSPS) is 21.9.